The standard InChI is InChI=1S/C13H22N2O5/c16-11(3-4-12(17)18)14-9-1-2-10(13(9)19)15-5-7-20-8-6-15/h9-10,13,19H,1-8H2,(H,14,16)(H,17,18)/t9-,10-,13-/m1/s1. The van der Waals surface area contributed by atoms with E-state index in [1.165, 1.54) is 0 Å². The van der Waals surface area contributed by atoms with Crippen molar-refractivity contribution in [3.05, 3.63) is 0 Å². The first-order chi connectivity index (χ1) is 9.58. The smallest absolute Gasteiger partial charge is 0.303 e. The zero-order valence-corrected chi connectivity index (χ0v) is 11.5. The molecular weight excluding hydrogens is 264 g/mol. The van der Waals surface area contributed by atoms with Crippen molar-refractivity contribution in [3.8, 4) is 0 Å². The summed E-state index contributed by atoms with van der Waals surface area (Å²) in [6.07, 6.45) is 0.747. The van der Waals surface area contributed by atoms with Crippen LogP contribution in [-0.4, -0.2) is 71.5 Å². The maximum Gasteiger partial charge on any atom is 0.303 e. The lowest BCUT2D eigenvalue weighted by atomic mass is 10.1. The number of nitrogens with zero attached hydrogens (tertiary/aromatic N) is 1. The quantitative estimate of drug-likeness (QED) is 0.611. The van der Waals surface area contributed by atoms with Gasteiger partial charge < -0.3 is 20.3 Å². The summed E-state index contributed by atoms with van der Waals surface area (Å²) in [5.74, 6) is -1.29. The number of morpholine rings is 1. The highest BCUT2D eigenvalue weighted by Gasteiger charge is 2.39. The molecule has 1 heterocycles. The summed E-state index contributed by atoms with van der Waals surface area (Å²) in [7, 11) is 0. The maximum absolute atomic E-state index is 11.6. The lowest BCUT2D eigenvalue weighted by Crippen LogP contribution is -2.51. The van der Waals surface area contributed by atoms with E-state index in [2.05, 4.69) is 10.2 Å². The highest BCUT2D eigenvalue weighted by atomic mass is 16.5. The van der Waals surface area contributed by atoms with Crippen molar-refractivity contribution >= 4 is 11.9 Å². The third-order valence-corrected chi connectivity index (χ3v) is 4.01. The molecule has 1 aliphatic heterocycles. The van der Waals surface area contributed by atoms with Gasteiger partial charge in [0, 0.05) is 25.6 Å². The van der Waals surface area contributed by atoms with Gasteiger partial charge in [-0.1, -0.05) is 0 Å². The van der Waals surface area contributed by atoms with Crippen molar-refractivity contribution in [2.45, 2.75) is 43.9 Å². The molecule has 2 fully saturated rings. The maximum atomic E-state index is 11.6. The molecule has 7 nitrogen and oxygen atoms in total. The van der Waals surface area contributed by atoms with Gasteiger partial charge >= 0.3 is 5.97 Å². The Bertz CT molecular complexity index is 357. The SMILES string of the molecule is O=C(O)CCC(=O)N[C@@H]1CC[C@@H](N2CCOCC2)[C@@H]1O. The molecular formula is C13H22N2O5. The normalized spacial score (nSPS) is 31.1. The van der Waals surface area contributed by atoms with Crippen LogP contribution in [0.3, 0.4) is 0 Å². The Balaban J connectivity index is 1.79. The molecule has 1 aliphatic carbocycles. The molecule has 0 aromatic carbocycles. The minimum Gasteiger partial charge on any atom is -0.481 e. The molecule has 1 saturated heterocycles. The summed E-state index contributed by atoms with van der Waals surface area (Å²) < 4.78 is 5.29. The van der Waals surface area contributed by atoms with E-state index in [1.807, 2.05) is 0 Å². The number of aliphatic hydroxyl groups is 1. The molecule has 7 heteroatoms. The first-order valence-corrected chi connectivity index (χ1v) is 7.09. The van der Waals surface area contributed by atoms with Gasteiger partial charge in [-0.3, -0.25) is 14.5 Å². The Labute approximate surface area is 117 Å². The Kier molecular flexibility index (Phi) is 5.33. The van der Waals surface area contributed by atoms with E-state index >= 15 is 0 Å². The third kappa shape index (κ3) is 3.91. The lowest BCUT2D eigenvalue weighted by Gasteiger charge is -2.34. The first kappa shape index (κ1) is 15.2. The fraction of sp³-hybridized carbons (Fsp3) is 0.846. The molecule has 114 valence electrons. The fourth-order valence-electron chi connectivity index (χ4n) is 2.92. The van der Waals surface area contributed by atoms with Gasteiger partial charge in [-0.2, -0.15) is 0 Å². The van der Waals surface area contributed by atoms with Gasteiger partial charge in [-0.05, 0) is 12.8 Å². The molecule has 0 aromatic heterocycles. The number of aliphatic hydroxyl groups excluding tert-OH is 1. The van der Waals surface area contributed by atoms with Crippen molar-refractivity contribution in [1.29, 1.82) is 0 Å². The molecule has 1 saturated carbocycles. The Hall–Kier alpha value is -1.18. The van der Waals surface area contributed by atoms with Gasteiger partial charge in [0.15, 0.2) is 0 Å². The van der Waals surface area contributed by atoms with Crippen LogP contribution >= 0.6 is 0 Å². The summed E-state index contributed by atoms with van der Waals surface area (Å²) in [5, 5.41) is 21.6. The van der Waals surface area contributed by atoms with Crippen LogP contribution in [0.25, 0.3) is 0 Å². The minimum atomic E-state index is -0.988. The minimum absolute atomic E-state index is 0.0409. The van der Waals surface area contributed by atoms with Crippen LogP contribution in [-0.2, 0) is 14.3 Å². The lowest BCUT2D eigenvalue weighted by molar-refractivity contribution is -0.139. The topological polar surface area (TPSA) is 99.1 Å². The fourth-order valence-corrected chi connectivity index (χ4v) is 2.92. The molecule has 3 N–H and O–H groups in total. The van der Waals surface area contributed by atoms with Crippen molar-refractivity contribution in [3.63, 3.8) is 0 Å². The third-order valence-electron chi connectivity index (χ3n) is 4.01. The zero-order chi connectivity index (χ0) is 14.5. The van der Waals surface area contributed by atoms with Gasteiger partial charge in [-0.25, -0.2) is 0 Å². The van der Waals surface area contributed by atoms with Crippen molar-refractivity contribution < 1.29 is 24.5 Å². The highest BCUT2D eigenvalue weighted by Crippen LogP contribution is 2.25. The number of amides is 1. The van der Waals surface area contributed by atoms with E-state index in [9.17, 15) is 14.7 Å². The van der Waals surface area contributed by atoms with Crippen LogP contribution in [0, 0.1) is 0 Å². The van der Waals surface area contributed by atoms with Crippen molar-refractivity contribution in [2.24, 2.45) is 0 Å². The van der Waals surface area contributed by atoms with E-state index in [0.29, 0.717) is 13.2 Å². The molecule has 0 unspecified atom stereocenters. The van der Waals surface area contributed by atoms with E-state index in [4.69, 9.17) is 9.84 Å². The van der Waals surface area contributed by atoms with Crippen LogP contribution in [0.1, 0.15) is 25.7 Å². The highest BCUT2D eigenvalue weighted by molar-refractivity contribution is 5.80. The number of nitrogens with one attached hydrogen (secondary N) is 1. The second-order valence-electron chi connectivity index (χ2n) is 5.35. The van der Waals surface area contributed by atoms with Crippen LogP contribution in [0.2, 0.25) is 0 Å². The predicted molar refractivity (Wildman–Crippen MR) is 70.2 cm³/mol. The molecule has 1 amide bonds. The number of rotatable bonds is 5. The number of hydrogen-bond donors (Lipinski definition) is 3. The number of carboxylic acid groups (broad SMARTS) is 1. The number of ether oxygens (including phenoxy) is 1. The predicted octanol–water partition coefficient (Wildman–Crippen LogP) is -0.808. The molecule has 0 spiro atoms. The van der Waals surface area contributed by atoms with Gasteiger partial charge in [0.05, 0.1) is 31.8 Å². The summed E-state index contributed by atoms with van der Waals surface area (Å²) in [5.41, 5.74) is 0. The van der Waals surface area contributed by atoms with Gasteiger partial charge in [0.1, 0.15) is 0 Å². The van der Waals surface area contributed by atoms with Crippen molar-refractivity contribution in [2.75, 3.05) is 26.3 Å². The van der Waals surface area contributed by atoms with E-state index in [-0.39, 0.29) is 30.8 Å². The summed E-state index contributed by atoms with van der Waals surface area (Å²) in [4.78, 5) is 24.2. The van der Waals surface area contributed by atoms with Crippen LogP contribution < -0.4 is 5.32 Å². The molecule has 3 atom stereocenters. The summed E-state index contributed by atoms with van der Waals surface area (Å²) in [6.45, 7) is 2.97. The Morgan fingerprint density at radius 3 is 2.55 bits per heavy atom. The van der Waals surface area contributed by atoms with Gasteiger partial charge in [0.25, 0.3) is 0 Å². The Morgan fingerprint density at radius 1 is 1.20 bits per heavy atom. The van der Waals surface area contributed by atoms with E-state index in [0.717, 1.165) is 25.9 Å². The van der Waals surface area contributed by atoms with E-state index in [1.54, 1.807) is 0 Å². The number of hydrogen-bond acceptors (Lipinski definition) is 5. The second-order valence-corrected chi connectivity index (χ2v) is 5.35. The largest absolute Gasteiger partial charge is 0.481 e. The van der Waals surface area contributed by atoms with Crippen LogP contribution in [0.4, 0.5) is 0 Å². The summed E-state index contributed by atoms with van der Waals surface area (Å²) >= 11 is 0. The number of carbonyl (C=O) groups is 2. The van der Waals surface area contributed by atoms with E-state index < -0.39 is 12.1 Å². The van der Waals surface area contributed by atoms with Crippen LogP contribution in [0.15, 0.2) is 0 Å². The number of aliphatic carboxylic acids is 1. The molecule has 2 aliphatic rings. The molecule has 20 heavy (non-hydrogen) atoms. The second kappa shape index (κ2) is 7.01. The van der Waals surface area contributed by atoms with Gasteiger partial charge in [0.2, 0.25) is 5.91 Å². The Morgan fingerprint density at radius 2 is 1.90 bits per heavy atom. The number of carboxylic acids is 1. The molecule has 0 aromatic rings. The zero-order valence-electron chi connectivity index (χ0n) is 11.5. The molecule has 0 radical (unpaired) electrons. The molecule has 2 rings (SSSR count). The first-order valence-electron chi connectivity index (χ1n) is 7.09. The van der Waals surface area contributed by atoms with Crippen molar-refractivity contribution in [1.82, 2.24) is 10.2 Å². The number of carbonyl (C=O) groups excluding carboxylic acids is 1. The van der Waals surface area contributed by atoms with Crippen LogP contribution in [0.5, 0.6) is 0 Å². The monoisotopic (exact) mass is 286 g/mol. The average molecular weight is 286 g/mol. The molecule has 0 bridgehead atoms. The van der Waals surface area contributed by atoms with Gasteiger partial charge in [-0.15, -0.1) is 0 Å². The average Bonchev–Trinajstić information content (AvgIpc) is 2.79. The summed E-state index contributed by atoms with van der Waals surface area (Å²) in [6, 6.07) is -0.215.